The van der Waals surface area contributed by atoms with Crippen molar-refractivity contribution < 1.29 is 23.1 Å². The fourth-order valence-corrected chi connectivity index (χ4v) is 9.26. The largest absolute Gasteiger partial charge is 0.490 e. The molecule has 0 aromatic heterocycles. The van der Waals surface area contributed by atoms with E-state index in [2.05, 4.69) is 21.8 Å². The molecule has 0 unspecified atom stereocenters. The van der Waals surface area contributed by atoms with Crippen molar-refractivity contribution in [3.8, 4) is 5.75 Å². The molecule has 2 fully saturated rings. The van der Waals surface area contributed by atoms with Gasteiger partial charge in [-0.25, -0.2) is 13.1 Å². The molecule has 5 aliphatic rings. The minimum Gasteiger partial charge on any atom is -0.490 e. The average molecular weight is 599 g/mol. The van der Waals surface area contributed by atoms with Gasteiger partial charge in [0.2, 0.25) is 10.0 Å². The predicted octanol–water partition coefficient (Wildman–Crippen LogP) is 5.08. The Bertz CT molecular complexity index is 1480. The molecule has 7 nitrogen and oxygen atoms in total. The third-order valence-electron chi connectivity index (χ3n) is 10.8. The number of carbonyl (C=O) groups excluding carboxylic acids is 1. The summed E-state index contributed by atoms with van der Waals surface area (Å²) < 4.78 is 35.0. The van der Waals surface area contributed by atoms with Crippen LogP contribution in [0.5, 0.6) is 5.75 Å². The molecule has 2 saturated carbocycles. The first-order valence-corrected chi connectivity index (χ1v) is 17.1. The number of anilines is 1. The minimum absolute atomic E-state index is 0.237. The number of hydrogen-bond donors (Lipinski definition) is 2. The summed E-state index contributed by atoms with van der Waals surface area (Å²) in [4.78, 5) is 15.6. The van der Waals surface area contributed by atoms with Crippen LogP contribution in [0.25, 0.3) is 0 Å². The predicted molar refractivity (Wildman–Crippen MR) is 159 cm³/mol. The number of benzene rings is 2. The molecule has 9 heteroatoms. The highest BCUT2D eigenvalue weighted by molar-refractivity contribution is 7.90. The quantitative estimate of drug-likeness (QED) is 0.439. The maximum atomic E-state index is 13.3. The summed E-state index contributed by atoms with van der Waals surface area (Å²) in [7, 11) is -3.83. The smallest absolute Gasteiger partial charge is 0.264 e. The molecule has 3 aliphatic carbocycles. The van der Waals surface area contributed by atoms with Gasteiger partial charge in [-0.15, -0.1) is 0 Å². The third-order valence-corrected chi connectivity index (χ3v) is 12.8. The van der Waals surface area contributed by atoms with Gasteiger partial charge in [0.1, 0.15) is 5.75 Å². The standard InChI is InChI=1S/C32H39ClN2O5S/c1-19-4-5-20-14-26(20)30(36)25-9-6-23(25)16-35-17-32(12-2-3-21-13-24(33)8-10-27(21)32)18-40-29-11-7-22(15-28(29)35)31(37)34-41(19,38)39/h7-8,10-11,13,15,19-20,23,25-26,30,36H,2-6,9,12,14,16-18H2,1H3,(H,34,37)/t19-,20-,23+,25-,26-,30-,32+/m1/s1. The molecule has 220 valence electrons. The lowest BCUT2D eigenvalue weighted by Crippen LogP contribution is -2.50. The molecule has 2 bridgehead atoms. The Kier molecular flexibility index (Phi) is 6.83. The van der Waals surface area contributed by atoms with E-state index in [1.54, 1.807) is 19.1 Å². The highest BCUT2D eigenvalue weighted by Crippen LogP contribution is 2.52. The van der Waals surface area contributed by atoms with E-state index in [4.69, 9.17) is 16.3 Å². The van der Waals surface area contributed by atoms with Crippen LogP contribution < -0.4 is 14.4 Å². The van der Waals surface area contributed by atoms with E-state index in [0.717, 1.165) is 68.7 Å². The Hall–Kier alpha value is -2.29. The van der Waals surface area contributed by atoms with Gasteiger partial charge in [-0.05, 0) is 123 Å². The molecular weight excluding hydrogens is 560 g/mol. The van der Waals surface area contributed by atoms with Crippen molar-refractivity contribution in [3.05, 3.63) is 58.1 Å². The molecule has 41 heavy (non-hydrogen) atoms. The Morgan fingerprint density at radius 3 is 2.71 bits per heavy atom. The van der Waals surface area contributed by atoms with Crippen LogP contribution in [0.4, 0.5) is 5.69 Å². The Balaban J connectivity index is 1.29. The summed E-state index contributed by atoms with van der Waals surface area (Å²) in [5, 5.41) is 11.5. The van der Waals surface area contributed by atoms with Crippen LogP contribution in [-0.4, -0.2) is 50.5 Å². The normalized spacial score (nSPS) is 36.0. The lowest BCUT2D eigenvalue weighted by atomic mass is 9.68. The lowest BCUT2D eigenvalue weighted by Gasteiger charge is -2.46. The second kappa shape index (κ2) is 10.2. The van der Waals surface area contributed by atoms with E-state index in [1.807, 2.05) is 12.1 Å². The second-order valence-corrected chi connectivity index (χ2v) is 15.8. The first kappa shape index (κ1) is 27.5. The highest BCUT2D eigenvalue weighted by atomic mass is 35.5. The van der Waals surface area contributed by atoms with Gasteiger partial charge < -0.3 is 14.7 Å². The van der Waals surface area contributed by atoms with Gasteiger partial charge in [0.05, 0.1) is 23.6 Å². The van der Waals surface area contributed by atoms with Gasteiger partial charge >= 0.3 is 0 Å². The minimum atomic E-state index is -3.83. The first-order valence-electron chi connectivity index (χ1n) is 15.2. The summed E-state index contributed by atoms with van der Waals surface area (Å²) in [5.41, 5.74) is 3.43. The third kappa shape index (κ3) is 4.94. The van der Waals surface area contributed by atoms with Crippen LogP contribution in [0.15, 0.2) is 36.4 Å². The van der Waals surface area contributed by atoms with Crippen molar-refractivity contribution in [2.45, 2.75) is 75.1 Å². The van der Waals surface area contributed by atoms with Gasteiger partial charge in [0.25, 0.3) is 5.91 Å². The van der Waals surface area contributed by atoms with Crippen LogP contribution in [0, 0.1) is 23.7 Å². The van der Waals surface area contributed by atoms with Gasteiger partial charge in [-0.1, -0.05) is 17.7 Å². The molecule has 2 aromatic rings. The SMILES string of the molecule is C[C@@H]1CC[C@@H]2C[C@H]2[C@H](O)[C@@H]2CC[C@H]2CN2C[C@@]3(CCCc4cc(Cl)ccc43)COc3ccc(cc32)C(=O)NS1(=O)=O. The number of amides is 1. The number of fused-ring (bicyclic) bond motifs is 5. The number of nitrogens with zero attached hydrogens (tertiary/aromatic N) is 1. The van der Waals surface area contributed by atoms with E-state index in [-0.39, 0.29) is 23.4 Å². The zero-order chi connectivity index (χ0) is 28.5. The van der Waals surface area contributed by atoms with Gasteiger partial charge in [-0.2, -0.15) is 0 Å². The van der Waals surface area contributed by atoms with E-state index in [1.165, 1.54) is 11.1 Å². The zero-order valence-corrected chi connectivity index (χ0v) is 25.1. The average Bonchev–Trinajstić information content (AvgIpc) is 3.72. The maximum Gasteiger partial charge on any atom is 0.264 e. The Morgan fingerprint density at radius 1 is 1.07 bits per heavy atom. The first-order chi connectivity index (χ1) is 19.6. The van der Waals surface area contributed by atoms with Gasteiger partial charge in [-0.3, -0.25) is 4.79 Å². The number of sulfonamides is 1. The molecule has 1 spiro atoms. The number of aliphatic hydroxyl groups is 1. The van der Waals surface area contributed by atoms with E-state index >= 15 is 0 Å². The van der Waals surface area contributed by atoms with Crippen molar-refractivity contribution in [2.24, 2.45) is 23.7 Å². The molecule has 2 N–H and O–H groups in total. The zero-order valence-electron chi connectivity index (χ0n) is 23.5. The Labute approximate surface area is 247 Å². The number of carbonyl (C=O) groups is 1. The van der Waals surface area contributed by atoms with E-state index < -0.39 is 21.2 Å². The maximum absolute atomic E-state index is 13.3. The fourth-order valence-electron chi connectivity index (χ4n) is 8.04. The van der Waals surface area contributed by atoms with Crippen LogP contribution in [0.2, 0.25) is 5.02 Å². The second-order valence-electron chi connectivity index (χ2n) is 13.3. The summed E-state index contributed by atoms with van der Waals surface area (Å²) >= 11 is 6.39. The summed E-state index contributed by atoms with van der Waals surface area (Å²) in [5.74, 6) is 1.29. The van der Waals surface area contributed by atoms with Crippen molar-refractivity contribution in [1.29, 1.82) is 0 Å². The molecule has 0 radical (unpaired) electrons. The van der Waals surface area contributed by atoms with Crippen molar-refractivity contribution >= 4 is 33.2 Å². The summed E-state index contributed by atoms with van der Waals surface area (Å²) in [6, 6.07) is 11.5. The number of aliphatic hydroxyl groups excluding tert-OH is 1. The monoisotopic (exact) mass is 598 g/mol. The molecule has 2 aromatic carbocycles. The van der Waals surface area contributed by atoms with Crippen molar-refractivity contribution in [1.82, 2.24) is 4.72 Å². The van der Waals surface area contributed by atoms with Crippen LogP contribution in [-0.2, 0) is 21.9 Å². The van der Waals surface area contributed by atoms with Gasteiger partial charge in [0.15, 0.2) is 0 Å². The molecule has 7 atom stereocenters. The summed E-state index contributed by atoms with van der Waals surface area (Å²) in [6.07, 6.45) is 6.93. The van der Waals surface area contributed by atoms with Crippen molar-refractivity contribution in [2.75, 3.05) is 24.6 Å². The molecule has 2 heterocycles. The van der Waals surface area contributed by atoms with Gasteiger partial charge in [0, 0.05) is 29.1 Å². The molecular formula is C32H39ClN2O5S. The number of halogens is 1. The van der Waals surface area contributed by atoms with Crippen molar-refractivity contribution in [3.63, 3.8) is 0 Å². The molecule has 7 rings (SSSR count). The molecule has 0 saturated heterocycles. The number of hydrogen-bond acceptors (Lipinski definition) is 6. The number of nitrogens with one attached hydrogen (secondary N) is 1. The molecule has 2 aliphatic heterocycles. The lowest BCUT2D eigenvalue weighted by molar-refractivity contribution is -0.00184. The highest BCUT2D eigenvalue weighted by Gasteiger charge is 2.50. The number of ether oxygens (including phenoxy) is 1. The van der Waals surface area contributed by atoms with E-state index in [9.17, 15) is 18.3 Å². The van der Waals surface area contributed by atoms with Crippen LogP contribution in [0.1, 0.15) is 73.4 Å². The van der Waals surface area contributed by atoms with E-state index in [0.29, 0.717) is 36.2 Å². The Morgan fingerprint density at radius 2 is 1.90 bits per heavy atom. The number of rotatable bonds is 0. The topological polar surface area (TPSA) is 95.9 Å². The molecule has 1 amide bonds. The van der Waals surface area contributed by atoms with Crippen LogP contribution in [0.3, 0.4) is 0 Å². The van der Waals surface area contributed by atoms with Crippen LogP contribution >= 0.6 is 11.6 Å². The fraction of sp³-hybridized carbons (Fsp3) is 0.594. The summed E-state index contributed by atoms with van der Waals surface area (Å²) in [6.45, 7) is 3.67. The number of aryl methyl sites for hydroxylation is 1.